The van der Waals surface area contributed by atoms with Crippen LogP contribution >= 0.6 is 0 Å². The Hall–Kier alpha value is -3.61. The molecule has 0 radical (unpaired) electrons. The average Bonchev–Trinajstić information content (AvgIpc) is 3.09. The fourth-order valence-electron chi connectivity index (χ4n) is 2.74. The van der Waals surface area contributed by atoms with Gasteiger partial charge in [0, 0.05) is 12.5 Å². The molecule has 0 aliphatic carbocycles. The van der Waals surface area contributed by atoms with E-state index in [2.05, 4.69) is 11.9 Å². The third-order valence-corrected chi connectivity index (χ3v) is 4.23. The van der Waals surface area contributed by atoms with Crippen molar-refractivity contribution in [3.05, 3.63) is 59.3 Å². The van der Waals surface area contributed by atoms with Crippen LogP contribution in [0.25, 0.3) is 6.08 Å². The number of nitrogens with zero attached hydrogens (tertiary/aromatic N) is 1. The third kappa shape index (κ3) is 5.26. The van der Waals surface area contributed by atoms with Gasteiger partial charge in [0.2, 0.25) is 5.90 Å². The molecular formula is C23H23NO6. The summed E-state index contributed by atoms with van der Waals surface area (Å²) < 4.78 is 21.3. The monoisotopic (exact) mass is 409 g/mol. The maximum Gasteiger partial charge on any atom is 0.363 e. The largest absolute Gasteiger partial charge is 0.494 e. The Bertz CT molecular complexity index is 991. The van der Waals surface area contributed by atoms with Crippen molar-refractivity contribution in [3.8, 4) is 17.2 Å². The van der Waals surface area contributed by atoms with E-state index in [1.165, 1.54) is 14.0 Å². The highest BCUT2D eigenvalue weighted by molar-refractivity contribution is 6.12. The molecule has 1 aliphatic heterocycles. The van der Waals surface area contributed by atoms with E-state index >= 15 is 0 Å². The van der Waals surface area contributed by atoms with Crippen LogP contribution < -0.4 is 14.2 Å². The predicted octanol–water partition coefficient (Wildman–Crippen LogP) is 4.14. The Labute approximate surface area is 174 Å². The second-order valence-corrected chi connectivity index (χ2v) is 6.57. The van der Waals surface area contributed by atoms with E-state index in [0.717, 1.165) is 18.6 Å². The van der Waals surface area contributed by atoms with Crippen LogP contribution in [0.15, 0.2) is 53.2 Å². The van der Waals surface area contributed by atoms with E-state index in [1.54, 1.807) is 36.4 Å². The highest BCUT2D eigenvalue weighted by atomic mass is 16.6. The van der Waals surface area contributed by atoms with E-state index in [4.69, 9.17) is 18.9 Å². The Morgan fingerprint density at radius 3 is 2.57 bits per heavy atom. The van der Waals surface area contributed by atoms with Crippen molar-refractivity contribution >= 4 is 23.9 Å². The van der Waals surface area contributed by atoms with Crippen LogP contribution in [-0.2, 0) is 14.3 Å². The van der Waals surface area contributed by atoms with Crippen LogP contribution in [0.4, 0.5) is 0 Å². The topological polar surface area (TPSA) is 83.4 Å². The van der Waals surface area contributed by atoms with Gasteiger partial charge in [-0.3, -0.25) is 4.79 Å². The molecule has 2 aromatic rings. The minimum Gasteiger partial charge on any atom is -0.494 e. The lowest BCUT2D eigenvalue weighted by Crippen LogP contribution is -2.05. The fraction of sp³-hybridized carbons (Fsp3) is 0.261. The number of rotatable bonds is 8. The lowest BCUT2D eigenvalue weighted by Gasteiger charge is -2.08. The quantitative estimate of drug-likeness (QED) is 0.282. The number of unbranched alkanes of at least 4 members (excludes halogenated alkanes) is 1. The zero-order valence-corrected chi connectivity index (χ0v) is 17.1. The van der Waals surface area contributed by atoms with Crippen LogP contribution in [0.2, 0.25) is 0 Å². The Morgan fingerprint density at radius 1 is 1.13 bits per heavy atom. The van der Waals surface area contributed by atoms with Crippen LogP contribution in [0, 0.1) is 0 Å². The van der Waals surface area contributed by atoms with E-state index in [-0.39, 0.29) is 17.3 Å². The Morgan fingerprint density at radius 2 is 1.90 bits per heavy atom. The van der Waals surface area contributed by atoms with Crippen LogP contribution in [-0.4, -0.2) is 31.6 Å². The first kappa shape index (κ1) is 21.1. The van der Waals surface area contributed by atoms with Gasteiger partial charge in [0.25, 0.3) is 0 Å². The number of carbonyl (C=O) groups excluding carboxylic acids is 2. The van der Waals surface area contributed by atoms with Crippen molar-refractivity contribution in [2.75, 3.05) is 13.7 Å². The van der Waals surface area contributed by atoms with Gasteiger partial charge >= 0.3 is 11.9 Å². The number of cyclic esters (lactones) is 1. The first-order valence-corrected chi connectivity index (χ1v) is 9.62. The maximum absolute atomic E-state index is 12.2. The van der Waals surface area contributed by atoms with E-state index in [9.17, 15) is 9.59 Å². The number of hydrogen-bond acceptors (Lipinski definition) is 7. The van der Waals surface area contributed by atoms with Crippen molar-refractivity contribution < 1.29 is 28.5 Å². The first-order chi connectivity index (χ1) is 14.5. The highest BCUT2D eigenvalue weighted by Crippen LogP contribution is 2.30. The predicted molar refractivity (Wildman–Crippen MR) is 112 cm³/mol. The molecule has 3 rings (SSSR count). The van der Waals surface area contributed by atoms with E-state index < -0.39 is 11.9 Å². The van der Waals surface area contributed by atoms with Crippen LogP contribution in [0.1, 0.15) is 37.8 Å². The Kier molecular flexibility index (Phi) is 6.85. The molecule has 2 aromatic carbocycles. The van der Waals surface area contributed by atoms with Gasteiger partial charge in [-0.1, -0.05) is 19.4 Å². The van der Waals surface area contributed by atoms with Crippen molar-refractivity contribution in [1.82, 2.24) is 0 Å². The summed E-state index contributed by atoms with van der Waals surface area (Å²) in [6, 6.07) is 12.2. The maximum atomic E-state index is 12.2. The van der Waals surface area contributed by atoms with Crippen LogP contribution in [0.5, 0.6) is 17.2 Å². The minimum absolute atomic E-state index is 0.146. The van der Waals surface area contributed by atoms with Crippen molar-refractivity contribution in [2.24, 2.45) is 4.99 Å². The lowest BCUT2D eigenvalue weighted by molar-refractivity contribution is -0.132. The van der Waals surface area contributed by atoms with Gasteiger partial charge in [-0.2, -0.15) is 0 Å². The first-order valence-electron chi connectivity index (χ1n) is 9.62. The van der Waals surface area contributed by atoms with Gasteiger partial charge < -0.3 is 18.9 Å². The standard InChI is InChI=1S/C23H23NO6/c1-4-5-12-28-18-9-7-17(8-10-18)22-24-19(23(26)30-22)13-16-6-11-20(27-3)21(14-16)29-15(2)25/h6-11,13-14H,4-5,12H2,1-3H3/b19-13-. The summed E-state index contributed by atoms with van der Waals surface area (Å²) in [6.45, 7) is 4.07. The summed E-state index contributed by atoms with van der Waals surface area (Å²) in [6.07, 6.45) is 3.62. The molecule has 1 aliphatic rings. The molecule has 0 atom stereocenters. The molecule has 0 spiro atoms. The van der Waals surface area contributed by atoms with Gasteiger partial charge in [-0.05, 0) is 54.5 Å². The van der Waals surface area contributed by atoms with Crippen molar-refractivity contribution in [1.29, 1.82) is 0 Å². The molecular weight excluding hydrogens is 386 g/mol. The van der Waals surface area contributed by atoms with Gasteiger partial charge in [-0.25, -0.2) is 9.79 Å². The van der Waals surface area contributed by atoms with Crippen molar-refractivity contribution in [2.45, 2.75) is 26.7 Å². The fourth-order valence-corrected chi connectivity index (χ4v) is 2.74. The lowest BCUT2D eigenvalue weighted by atomic mass is 10.1. The normalized spacial score (nSPS) is 14.3. The molecule has 0 N–H and O–H groups in total. The summed E-state index contributed by atoms with van der Waals surface area (Å²) in [5.74, 6) is 0.614. The minimum atomic E-state index is -0.557. The SMILES string of the molecule is CCCCOc1ccc(C2=N/C(=C\c3ccc(OC)c(OC(C)=O)c3)C(=O)O2)cc1. The molecule has 30 heavy (non-hydrogen) atoms. The summed E-state index contributed by atoms with van der Waals surface area (Å²) >= 11 is 0. The number of methoxy groups -OCH3 is 1. The van der Waals surface area contributed by atoms with Gasteiger partial charge in [-0.15, -0.1) is 0 Å². The molecule has 0 unspecified atom stereocenters. The second kappa shape index (κ2) is 9.73. The molecule has 156 valence electrons. The summed E-state index contributed by atoms with van der Waals surface area (Å²) in [5.41, 5.74) is 1.43. The molecule has 0 bridgehead atoms. The van der Waals surface area contributed by atoms with E-state index in [0.29, 0.717) is 23.5 Å². The van der Waals surface area contributed by atoms with Gasteiger partial charge in [0.05, 0.1) is 13.7 Å². The average molecular weight is 409 g/mol. The van der Waals surface area contributed by atoms with Crippen LogP contribution in [0.3, 0.4) is 0 Å². The molecule has 0 amide bonds. The molecule has 0 saturated heterocycles. The summed E-state index contributed by atoms with van der Waals surface area (Å²) in [7, 11) is 1.48. The number of benzene rings is 2. The molecule has 0 saturated carbocycles. The number of ether oxygens (including phenoxy) is 4. The van der Waals surface area contributed by atoms with Gasteiger partial charge in [0.15, 0.2) is 17.2 Å². The molecule has 7 heteroatoms. The third-order valence-electron chi connectivity index (χ3n) is 4.23. The number of hydrogen-bond donors (Lipinski definition) is 0. The number of esters is 2. The molecule has 0 fully saturated rings. The number of carbonyl (C=O) groups is 2. The molecule has 7 nitrogen and oxygen atoms in total. The van der Waals surface area contributed by atoms with Crippen molar-refractivity contribution in [3.63, 3.8) is 0 Å². The smallest absolute Gasteiger partial charge is 0.363 e. The molecule has 0 aromatic heterocycles. The number of aliphatic imine (C=N–C) groups is 1. The zero-order chi connectivity index (χ0) is 21.5. The molecule has 1 heterocycles. The van der Waals surface area contributed by atoms with Gasteiger partial charge in [0.1, 0.15) is 5.75 Å². The zero-order valence-electron chi connectivity index (χ0n) is 17.1. The van der Waals surface area contributed by atoms with E-state index in [1.807, 2.05) is 12.1 Å². The Balaban J connectivity index is 1.80. The summed E-state index contributed by atoms with van der Waals surface area (Å²) in [5, 5.41) is 0. The highest BCUT2D eigenvalue weighted by Gasteiger charge is 2.24. The summed E-state index contributed by atoms with van der Waals surface area (Å²) in [4.78, 5) is 27.8. The second-order valence-electron chi connectivity index (χ2n) is 6.57.